The molecule has 0 aromatic heterocycles. The highest BCUT2D eigenvalue weighted by molar-refractivity contribution is 7.99. The van der Waals surface area contributed by atoms with Crippen molar-refractivity contribution >= 4 is 41.6 Å². The van der Waals surface area contributed by atoms with Gasteiger partial charge in [0.25, 0.3) is 5.91 Å². The smallest absolute Gasteiger partial charge is 0.254 e. The lowest BCUT2D eigenvalue weighted by molar-refractivity contribution is 0.0752. The summed E-state index contributed by atoms with van der Waals surface area (Å²) in [6.07, 6.45) is 4.39. The Kier molecular flexibility index (Phi) is 18.5. The van der Waals surface area contributed by atoms with Gasteiger partial charge in [-0.2, -0.15) is 23.5 Å². The first-order valence-corrected chi connectivity index (χ1v) is 20.6. The first-order chi connectivity index (χ1) is 25.4. The number of nitrogens with one attached hydrogen (secondary N) is 1. The molecule has 52 heavy (non-hydrogen) atoms. The SMILES string of the molecule is C/C(=C\c1ccccc1)CNCCN1CCSCC1.COc1cc(C(=O)N(CCN2CCSCC2)C/C(C)=C/c2ccccc2)cc(OC)c1OC. The quantitative estimate of drug-likeness (QED) is 0.156. The maximum absolute atomic E-state index is 13.7. The van der Waals surface area contributed by atoms with E-state index in [9.17, 15) is 4.79 Å². The summed E-state index contributed by atoms with van der Waals surface area (Å²) in [6.45, 7) is 14.2. The van der Waals surface area contributed by atoms with Crippen molar-refractivity contribution in [3.05, 3.63) is 101 Å². The number of thioether (sulfide) groups is 2. The fourth-order valence-electron chi connectivity index (χ4n) is 6.14. The average Bonchev–Trinajstić information content (AvgIpc) is 3.19. The zero-order valence-corrected chi connectivity index (χ0v) is 33.4. The normalized spacial score (nSPS) is 15.7. The number of hydrogen-bond acceptors (Lipinski definition) is 9. The molecule has 0 saturated carbocycles. The molecule has 1 amide bonds. The van der Waals surface area contributed by atoms with E-state index in [0.29, 0.717) is 35.9 Å². The van der Waals surface area contributed by atoms with Gasteiger partial charge in [0.15, 0.2) is 11.5 Å². The van der Waals surface area contributed by atoms with Gasteiger partial charge in [-0.1, -0.05) is 84.0 Å². The number of ether oxygens (including phenoxy) is 3. The van der Waals surface area contributed by atoms with Crippen molar-refractivity contribution in [3.63, 3.8) is 0 Å². The van der Waals surface area contributed by atoms with Crippen LogP contribution < -0.4 is 19.5 Å². The molecule has 3 aromatic carbocycles. The van der Waals surface area contributed by atoms with Crippen molar-refractivity contribution in [2.24, 2.45) is 0 Å². The van der Waals surface area contributed by atoms with E-state index in [1.165, 1.54) is 42.3 Å². The van der Waals surface area contributed by atoms with Crippen LogP contribution in [-0.2, 0) is 0 Å². The van der Waals surface area contributed by atoms with Crippen LogP contribution in [0.5, 0.6) is 17.2 Å². The van der Waals surface area contributed by atoms with E-state index < -0.39 is 0 Å². The van der Waals surface area contributed by atoms with E-state index in [2.05, 4.69) is 95.3 Å². The highest BCUT2D eigenvalue weighted by Gasteiger charge is 2.23. The van der Waals surface area contributed by atoms with E-state index in [1.54, 1.807) is 33.5 Å². The molecule has 8 nitrogen and oxygen atoms in total. The largest absolute Gasteiger partial charge is 0.493 e. The molecular weight excluding hydrogens is 689 g/mol. The van der Waals surface area contributed by atoms with Crippen LogP contribution in [0.15, 0.2) is 83.9 Å². The third kappa shape index (κ3) is 14.2. The van der Waals surface area contributed by atoms with Crippen LogP contribution in [0, 0.1) is 0 Å². The number of carbonyl (C=O) groups excluding carboxylic acids is 1. The molecule has 0 spiro atoms. The summed E-state index contributed by atoms with van der Waals surface area (Å²) in [5.74, 6) is 6.27. The first-order valence-electron chi connectivity index (χ1n) is 18.2. The van der Waals surface area contributed by atoms with Crippen LogP contribution in [0.25, 0.3) is 12.2 Å². The van der Waals surface area contributed by atoms with Gasteiger partial charge < -0.3 is 29.3 Å². The molecule has 1 N–H and O–H groups in total. The Hall–Kier alpha value is -3.41. The summed E-state index contributed by atoms with van der Waals surface area (Å²) in [4.78, 5) is 20.6. The van der Waals surface area contributed by atoms with E-state index >= 15 is 0 Å². The maximum atomic E-state index is 13.7. The fourth-order valence-corrected chi connectivity index (χ4v) is 8.10. The summed E-state index contributed by atoms with van der Waals surface area (Å²) >= 11 is 4.06. The highest BCUT2D eigenvalue weighted by Crippen LogP contribution is 2.38. The number of benzene rings is 3. The zero-order chi connectivity index (χ0) is 37.0. The van der Waals surface area contributed by atoms with Crippen LogP contribution in [0.2, 0.25) is 0 Å². The minimum atomic E-state index is -0.0542. The molecule has 3 aromatic rings. The molecule has 282 valence electrons. The molecule has 2 aliphatic heterocycles. The third-order valence-electron chi connectivity index (χ3n) is 8.97. The number of methoxy groups -OCH3 is 3. The predicted octanol–water partition coefficient (Wildman–Crippen LogP) is 7.04. The number of amides is 1. The van der Waals surface area contributed by atoms with Crippen LogP contribution >= 0.6 is 23.5 Å². The van der Waals surface area contributed by atoms with Gasteiger partial charge in [-0.25, -0.2) is 0 Å². The topological polar surface area (TPSA) is 66.5 Å². The Morgan fingerprint density at radius 1 is 0.731 bits per heavy atom. The Labute approximate surface area is 320 Å². The second kappa shape index (κ2) is 23.3. The van der Waals surface area contributed by atoms with Gasteiger partial charge in [0, 0.05) is 94.0 Å². The molecule has 0 aliphatic carbocycles. The summed E-state index contributed by atoms with van der Waals surface area (Å²) in [6, 6.07) is 24.2. The van der Waals surface area contributed by atoms with Crippen molar-refractivity contribution in [1.29, 1.82) is 0 Å². The van der Waals surface area contributed by atoms with Crippen molar-refractivity contribution in [2.75, 3.05) is 110 Å². The van der Waals surface area contributed by atoms with Crippen LogP contribution in [0.4, 0.5) is 0 Å². The average molecular weight is 747 g/mol. The summed E-state index contributed by atoms with van der Waals surface area (Å²) in [5, 5.41) is 3.54. The summed E-state index contributed by atoms with van der Waals surface area (Å²) < 4.78 is 16.4. The van der Waals surface area contributed by atoms with Gasteiger partial charge in [-0.05, 0) is 37.1 Å². The third-order valence-corrected chi connectivity index (χ3v) is 10.9. The first kappa shape index (κ1) is 41.3. The van der Waals surface area contributed by atoms with E-state index in [0.717, 1.165) is 55.4 Å². The van der Waals surface area contributed by atoms with Crippen molar-refractivity contribution < 1.29 is 19.0 Å². The van der Waals surface area contributed by atoms with Crippen LogP contribution in [-0.4, -0.2) is 130 Å². The Morgan fingerprint density at radius 2 is 1.23 bits per heavy atom. The second-order valence-corrected chi connectivity index (χ2v) is 15.5. The molecule has 2 aliphatic rings. The van der Waals surface area contributed by atoms with Gasteiger partial charge in [-0.3, -0.25) is 9.69 Å². The molecule has 0 radical (unpaired) electrons. The van der Waals surface area contributed by atoms with E-state index in [-0.39, 0.29) is 5.91 Å². The molecule has 0 atom stereocenters. The van der Waals surface area contributed by atoms with Crippen molar-refractivity contribution in [3.8, 4) is 17.2 Å². The number of carbonyl (C=O) groups is 1. The Bertz CT molecular complexity index is 1520. The van der Waals surface area contributed by atoms with Crippen LogP contribution in [0.1, 0.15) is 35.3 Å². The molecule has 0 bridgehead atoms. The molecule has 5 rings (SSSR count). The van der Waals surface area contributed by atoms with Gasteiger partial charge in [0.2, 0.25) is 5.75 Å². The standard InChI is InChI=1S/C26H34N2O4S.C16H24N2S/c1-20(16-21-8-6-5-7-9-21)19-28(11-10-27-12-14-33-15-13-27)26(29)22-17-23(30-2)25(32-4)24(18-22)31-3;1-15(13-16-5-3-2-4-6-16)14-17-7-8-18-9-11-19-12-10-18/h5-9,16-18H,10-15,19H2,1-4H3;2-6,13,17H,7-12,14H2,1H3/b20-16+;15-13+. The minimum absolute atomic E-state index is 0.0542. The Balaban J connectivity index is 0.000000269. The fraction of sp³-hybridized carbons (Fsp3) is 0.452. The second-order valence-electron chi connectivity index (χ2n) is 13.0. The van der Waals surface area contributed by atoms with E-state index in [1.807, 2.05) is 34.9 Å². The lowest BCUT2D eigenvalue weighted by Gasteiger charge is -2.30. The van der Waals surface area contributed by atoms with E-state index in [4.69, 9.17) is 14.2 Å². The molecular formula is C42H58N4O4S2. The maximum Gasteiger partial charge on any atom is 0.254 e. The number of hydrogen-bond donors (Lipinski definition) is 1. The molecule has 0 unspecified atom stereocenters. The van der Waals surface area contributed by atoms with Gasteiger partial charge in [-0.15, -0.1) is 0 Å². The lowest BCUT2D eigenvalue weighted by atomic mass is 10.1. The molecule has 2 fully saturated rings. The highest BCUT2D eigenvalue weighted by atomic mass is 32.2. The Morgan fingerprint density at radius 3 is 1.73 bits per heavy atom. The molecule has 2 saturated heterocycles. The van der Waals surface area contributed by atoms with Gasteiger partial charge >= 0.3 is 0 Å². The lowest BCUT2D eigenvalue weighted by Crippen LogP contribution is -2.42. The predicted molar refractivity (Wildman–Crippen MR) is 223 cm³/mol. The van der Waals surface area contributed by atoms with Gasteiger partial charge in [0.1, 0.15) is 0 Å². The van der Waals surface area contributed by atoms with Crippen molar-refractivity contribution in [2.45, 2.75) is 13.8 Å². The number of rotatable bonds is 16. The summed E-state index contributed by atoms with van der Waals surface area (Å²) in [5.41, 5.74) is 5.45. The molecule has 2 heterocycles. The summed E-state index contributed by atoms with van der Waals surface area (Å²) in [7, 11) is 4.68. The number of nitrogens with zero attached hydrogens (tertiary/aromatic N) is 3. The molecule has 10 heteroatoms. The van der Waals surface area contributed by atoms with Crippen LogP contribution in [0.3, 0.4) is 0 Å². The van der Waals surface area contributed by atoms with Crippen molar-refractivity contribution in [1.82, 2.24) is 20.0 Å². The zero-order valence-electron chi connectivity index (χ0n) is 31.8. The monoisotopic (exact) mass is 746 g/mol. The van der Waals surface area contributed by atoms with Gasteiger partial charge in [0.05, 0.1) is 21.3 Å². The minimum Gasteiger partial charge on any atom is -0.493 e.